The first-order valence-corrected chi connectivity index (χ1v) is 6.13. The summed E-state index contributed by atoms with van der Waals surface area (Å²) in [6.45, 7) is 2.72. The zero-order valence-corrected chi connectivity index (χ0v) is 10.0. The molecule has 0 saturated carbocycles. The van der Waals surface area contributed by atoms with Gasteiger partial charge in [-0.25, -0.2) is 0 Å². The fourth-order valence-electron chi connectivity index (χ4n) is 1.47. The molecule has 2 rings (SSSR count). The highest BCUT2D eigenvalue weighted by Crippen LogP contribution is 2.20. The quantitative estimate of drug-likeness (QED) is 0.819. The van der Waals surface area contributed by atoms with E-state index in [1.807, 2.05) is 30.3 Å². The van der Waals surface area contributed by atoms with Crippen molar-refractivity contribution in [2.24, 2.45) is 0 Å². The van der Waals surface area contributed by atoms with Gasteiger partial charge in [0.25, 0.3) is 0 Å². The predicted molar refractivity (Wildman–Crippen MR) is 68.4 cm³/mol. The Kier molecular flexibility index (Phi) is 3.59. The largest absolute Gasteiger partial charge is 0.399 e. The van der Waals surface area contributed by atoms with E-state index in [2.05, 4.69) is 18.4 Å². The van der Waals surface area contributed by atoms with Crippen molar-refractivity contribution in [2.45, 2.75) is 19.6 Å². The minimum absolute atomic E-state index is 0.0997. The summed E-state index contributed by atoms with van der Waals surface area (Å²) in [6.07, 6.45) is 0.0997. The van der Waals surface area contributed by atoms with Crippen LogP contribution >= 0.6 is 11.3 Å². The number of nitrogens with two attached hydrogens (primary N) is 1. The van der Waals surface area contributed by atoms with Crippen LogP contribution in [0.1, 0.15) is 23.5 Å². The summed E-state index contributed by atoms with van der Waals surface area (Å²) in [7, 11) is 0. The Labute approximate surface area is 99.7 Å². The molecular weight excluding hydrogens is 218 g/mol. The number of ether oxygens (including phenoxy) is 1. The van der Waals surface area contributed by atoms with Gasteiger partial charge in [-0.1, -0.05) is 18.2 Å². The molecule has 0 fully saturated rings. The summed E-state index contributed by atoms with van der Waals surface area (Å²) in [5.41, 5.74) is 7.58. The molecule has 1 aromatic heterocycles. The number of rotatable bonds is 4. The highest BCUT2D eigenvalue weighted by molar-refractivity contribution is 7.09. The average Bonchev–Trinajstić information content (AvgIpc) is 2.80. The van der Waals surface area contributed by atoms with Crippen LogP contribution < -0.4 is 5.73 Å². The molecule has 3 heteroatoms. The van der Waals surface area contributed by atoms with Crippen molar-refractivity contribution < 1.29 is 4.74 Å². The van der Waals surface area contributed by atoms with Crippen molar-refractivity contribution in [2.75, 3.05) is 5.73 Å². The van der Waals surface area contributed by atoms with E-state index in [0.717, 1.165) is 11.3 Å². The van der Waals surface area contributed by atoms with Gasteiger partial charge in [0.1, 0.15) is 0 Å². The second-order valence-electron chi connectivity index (χ2n) is 3.70. The molecule has 1 aromatic carbocycles. The Bertz CT molecular complexity index is 422. The van der Waals surface area contributed by atoms with Gasteiger partial charge in [-0.2, -0.15) is 0 Å². The number of thiophene rings is 1. The topological polar surface area (TPSA) is 35.2 Å². The Balaban J connectivity index is 1.93. The van der Waals surface area contributed by atoms with E-state index in [-0.39, 0.29) is 6.10 Å². The number of hydrogen-bond donors (Lipinski definition) is 1. The third-order valence-electron chi connectivity index (χ3n) is 2.46. The van der Waals surface area contributed by atoms with Crippen LogP contribution in [0.4, 0.5) is 5.69 Å². The highest BCUT2D eigenvalue weighted by atomic mass is 32.1. The molecule has 1 heterocycles. The van der Waals surface area contributed by atoms with Crippen LogP contribution in [0.2, 0.25) is 0 Å². The predicted octanol–water partition coefficient (Wildman–Crippen LogP) is 3.61. The lowest BCUT2D eigenvalue weighted by Gasteiger charge is -2.12. The Morgan fingerprint density at radius 2 is 2.00 bits per heavy atom. The summed E-state index contributed by atoms with van der Waals surface area (Å²) < 4.78 is 5.78. The molecule has 0 aliphatic carbocycles. The Morgan fingerprint density at radius 3 is 2.62 bits per heavy atom. The fourth-order valence-corrected chi connectivity index (χ4v) is 2.09. The van der Waals surface area contributed by atoms with Gasteiger partial charge in [-0.3, -0.25) is 0 Å². The van der Waals surface area contributed by atoms with Gasteiger partial charge in [0.05, 0.1) is 12.7 Å². The third kappa shape index (κ3) is 2.84. The van der Waals surface area contributed by atoms with E-state index in [1.165, 1.54) is 4.88 Å². The molecule has 16 heavy (non-hydrogen) atoms. The molecule has 1 unspecified atom stereocenters. The molecule has 1 atom stereocenters. The normalized spacial score (nSPS) is 12.6. The first-order chi connectivity index (χ1) is 7.75. The van der Waals surface area contributed by atoms with Crippen LogP contribution in [0.25, 0.3) is 0 Å². The maximum atomic E-state index is 5.78. The molecule has 2 aromatic rings. The fraction of sp³-hybridized carbons (Fsp3) is 0.231. The minimum Gasteiger partial charge on any atom is -0.399 e. The summed E-state index contributed by atoms with van der Waals surface area (Å²) >= 11 is 1.72. The van der Waals surface area contributed by atoms with Crippen LogP contribution in [0.3, 0.4) is 0 Å². The maximum absolute atomic E-state index is 5.78. The second kappa shape index (κ2) is 5.14. The van der Waals surface area contributed by atoms with E-state index in [1.54, 1.807) is 11.3 Å². The number of anilines is 1. The molecule has 0 aliphatic heterocycles. The van der Waals surface area contributed by atoms with Gasteiger partial charge < -0.3 is 10.5 Å². The van der Waals surface area contributed by atoms with E-state index >= 15 is 0 Å². The SMILES string of the molecule is CC(OCc1cccs1)c1ccc(N)cc1. The zero-order chi connectivity index (χ0) is 11.4. The van der Waals surface area contributed by atoms with Gasteiger partial charge in [0.15, 0.2) is 0 Å². The smallest absolute Gasteiger partial charge is 0.0817 e. The summed E-state index contributed by atoms with van der Waals surface area (Å²) in [5.74, 6) is 0. The number of nitrogen functional groups attached to an aromatic ring is 1. The first kappa shape index (κ1) is 11.2. The minimum atomic E-state index is 0.0997. The maximum Gasteiger partial charge on any atom is 0.0817 e. The molecule has 0 aliphatic rings. The van der Waals surface area contributed by atoms with Gasteiger partial charge in [0.2, 0.25) is 0 Å². The number of benzene rings is 1. The van der Waals surface area contributed by atoms with Gasteiger partial charge in [0, 0.05) is 10.6 Å². The average molecular weight is 233 g/mol. The van der Waals surface area contributed by atoms with Crippen molar-refractivity contribution in [3.05, 3.63) is 52.2 Å². The molecule has 2 N–H and O–H groups in total. The lowest BCUT2D eigenvalue weighted by atomic mass is 10.1. The van der Waals surface area contributed by atoms with Crippen molar-refractivity contribution in [3.63, 3.8) is 0 Å². The van der Waals surface area contributed by atoms with Crippen LogP contribution in [0.15, 0.2) is 41.8 Å². The summed E-state index contributed by atoms with van der Waals surface area (Å²) in [5, 5.41) is 2.06. The second-order valence-corrected chi connectivity index (χ2v) is 4.73. The van der Waals surface area contributed by atoms with Crippen LogP contribution in [-0.4, -0.2) is 0 Å². The first-order valence-electron chi connectivity index (χ1n) is 5.25. The van der Waals surface area contributed by atoms with Crippen LogP contribution in [-0.2, 0) is 11.3 Å². The molecule has 0 radical (unpaired) electrons. The van der Waals surface area contributed by atoms with E-state index in [9.17, 15) is 0 Å². The molecule has 84 valence electrons. The molecule has 0 amide bonds. The standard InChI is InChI=1S/C13H15NOS/c1-10(11-4-6-12(14)7-5-11)15-9-13-3-2-8-16-13/h2-8,10H,9,14H2,1H3. The van der Waals surface area contributed by atoms with Crippen molar-refractivity contribution in [1.82, 2.24) is 0 Å². The zero-order valence-electron chi connectivity index (χ0n) is 9.22. The van der Waals surface area contributed by atoms with Gasteiger partial charge in [-0.15, -0.1) is 11.3 Å². The van der Waals surface area contributed by atoms with E-state index in [4.69, 9.17) is 10.5 Å². The molecule has 0 spiro atoms. The Morgan fingerprint density at radius 1 is 1.25 bits per heavy atom. The molecular formula is C13H15NOS. The molecule has 0 saturated heterocycles. The van der Waals surface area contributed by atoms with Gasteiger partial charge in [-0.05, 0) is 36.1 Å². The van der Waals surface area contributed by atoms with E-state index in [0.29, 0.717) is 6.61 Å². The van der Waals surface area contributed by atoms with Crippen LogP contribution in [0, 0.1) is 0 Å². The van der Waals surface area contributed by atoms with E-state index < -0.39 is 0 Å². The monoisotopic (exact) mass is 233 g/mol. The highest BCUT2D eigenvalue weighted by Gasteiger charge is 2.05. The van der Waals surface area contributed by atoms with Gasteiger partial charge >= 0.3 is 0 Å². The molecule has 2 nitrogen and oxygen atoms in total. The van der Waals surface area contributed by atoms with Crippen molar-refractivity contribution >= 4 is 17.0 Å². The summed E-state index contributed by atoms with van der Waals surface area (Å²) in [6, 6.07) is 11.9. The Hall–Kier alpha value is -1.32. The lowest BCUT2D eigenvalue weighted by Crippen LogP contribution is -1.99. The molecule has 0 bridgehead atoms. The van der Waals surface area contributed by atoms with Crippen molar-refractivity contribution in [1.29, 1.82) is 0 Å². The third-order valence-corrected chi connectivity index (χ3v) is 3.31. The number of hydrogen-bond acceptors (Lipinski definition) is 3. The summed E-state index contributed by atoms with van der Waals surface area (Å²) in [4.78, 5) is 1.25. The lowest BCUT2D eigenvalue weighted by molar-refractivity contribution is 0.0542. The van der Waals surface area contributed by atoms with Crippen molar-refractivity contribution in [3.8, 4) is 0 Å². The van der Waals surface area contributed by atoms with Crippen LogP contribution in [0.5, 0.6) is 0 Å².